The van der Waals surface area contributed by atoms with Crippen molar-refractivity contribution in [2.75, 3.05) is 44.8 Å². The summed E-state index contributed by atoms with van der Waals surface area (Å²) in [7, 11) is 1.68. The number of aryl methyl sites for hydroxylation is 2. The minimum atomic E-state index is 0.0225. The summed E-state index contributed by atoms with van der Waals surface area (Å²) in [5.41, 5.74) is 1.44. The van der Waals surface area contributed by atoms with Gasteiger partial charge in [0.05, 0.1) is 5.39 Å². The lowest BCUT2D eigenvalue weighted by Gasteiger charge is -2.36. The van der Waals surface area contributed by atoms with Gasteiger partial charge in [-0.25, -0.2) is 9.97 Å². The number of carbonyl (C=O) groups excluding carboxylic acids is 1. The van der Waals surface area contributed by atoms with Crippen molar-refractivity contribution in [2.45, 2.75) is 32.3 Å². The predicted molar refractivity (Wildman–Crippen MR) is 126 cm³/mol. The summed E-state index contributed by atoms with van der Waals surface area (Å²) < 4.78 is 11.0. The van der Waals surface area contributed by atoms with E-state index in [1.807, 2.05) is 46.6 Å². The van der Waals surface area contributed by atoms with Crippen LogP contribution in [0.15, 0.2) is 30.3 Å². The highest BCUT2D eigenvalue weighted by Gasteiger charge is 2.27. The van der Waals surface area contributed by atoms with Crippen molar-refractivity contribution in [2.24, 2.45) is 0 Å². The molecule has 1 fully saturated rings. The standard InChI is InChI=1S/C24H28N4O3S/c1-30-15-20-25-23(22-18-9-5-6-10-19(18)32-24(22)26-20)28-13-11-27(12-14-28)21(29)16-31-17-7-3-2-4-8-17/h2-4,7-8H,5-6,9-16H2,1H3. The van der Waals surface area contributed by atoms with E-state index in [1.165, 1.54) is 28.7 Å². The molecule has 7 nitrogen and oxygen atoms in total. The predicted octanol–water partition coefficient (Wildman–Crippen LogP) is 3.44. The summed E-state index contributed by atoms with van der Waals surface area (Å²) >= 11 is 1.81. The second-order valence-electron chi connectivity index (χ2n) is 8.26. The molecule has 0 unspecified atom stereocenters. The molecule has 1 aliphatic carbocycles. The number of anilines is 1. The summed E-state index contributed by atoms with van der Waals surface area (Å²) in [5, 5.41) is 1.22. The number of piperazine rings is 1. The Morgan fingerprint density at radius 2 is 1.84 bits per heavy atom. The largest absolute Gasteiger partial charge is 0.484 e. The van der Waals surface area contributed by atoms with Gasteiger partial charge in [0.2, 0.25) is 0 Å². The van der Waals surface area contributed by atoms with Crippen LogP contribution in [0, 0.1) is 0 Å². The minimum absolute atomic E-state index is 0.0225. The number of methoxy groups -OCH3 is 1. The first kappa shape index (κ1) is 21.2. The van der Waals surface area contributed by atoms with Crippen LogP contribution < -0.4 is 9.64 Å². The number of rotatable bonds is 6. The molecular weight excluding hydrogens is 424 g/mol. The first-order valence-corrected chi connectivity index (χ1v) is 12.1. The van der Waals surface area contributed by atoms with Gasteiger partial charge < -0.3 is 19.3 Å². The van der Waals surface area contributed by atoms with Crippen molar-refractivity contribution >= 4 is 33.3 Å². The highest BCUT2D eigenvalue weighted by atomic mass is 32.1. The molecule has 5 rings (SSSR count). The van der Waals surface area contributed by atoms with Gasteiger partial charge in [0.15, 0.2) is 12.4 Å². The van der Waals surface area contributed by atoms with Gasteiger partial charge in [-0.05, 0) is 43.4 Å². The van der Waals surface area contributed by atoms with E-state index in [9.17, 15) is 4.79 Å². The first-order valence-electron chi connectivity index (χ1n) is 11.2. The second kappa shape index (κ2) is 9.42. The number of amides is 1. The maximum atomic E-state index is 12.7. The first-order chi connectivity index (χ1) is 15.7. The van der Waals surface area contributed by atoms with E-state index in [1.54, 1.807) is 7.11 Å². The summed E-state index contributed by atoms with van der Waals surface area (Å²) in [5.74, 6) is 2.47. The average Bonchev–Trinajstić information content (AvgIpc) is 3.21. The number of fused-ring (bicyclic) bond motifs is 3. The van der Waals surface area contributed by atoms with Crippen molar-refractivity contribution < 1.29 is 14.3 Å². The molecule has 0 N–H and O–H groups in total. The van der Waals surface area contributed by atoms with Gasteiger partial charge in [0.1, 0.15) is 23.0 Å². The molecule has 8 heteroatoms. The molecule has 32 heavy (non-hydrogen) atoms. The number of thiophene rings is 1. The third kappa shape index (κ3) is 4.29. The maximum absolute atomic E-state index is 12.7. The smallest absolute Gasteiger partial charge is 0.260 e. The number of carbonyl (C=O) groups is 1. The van der Waals surface area contributed by atoms with E-state index in [0.717, 1.165) is 48.2 Å². The lowest BCUT2D eigenvalue weighted by Crippen LogP contribution is -2.50. The zero-order chi connectivity index (χ0) is 21.9. The van der Waals surface area contributed by atoms with Crippen molar-refractivity contribution in [1.29, 1.82) is 0 Å². The Bertz CT molecular complexity index is 1090. The van der Waals surface area contributed by atoms with Crippen molar-refractivity contribution in [3.8, 4) is 5.75 Å². The molecule has 1 saturated heterocycles. The van der Waals surface area contributed by atoms with Crippen LogP contribution in [-0.4, -0.2) is 60.7 Å². The Balaban J connectivity index is 1.32. The zero-order valence-electron chi connectivity index (χ0n) is 18.4. The highest BCUT2D eigenvalue weighted by molar-refractivity contribution is 7.19. The van der Waals surface area contributed by atoms with Crippen LogP contribution in [0.25, 0.3) is 10.2 Å². The Kier molecular flexibility index (Phi) is 6.23. The van der Waals surface area contributed by atoms with Gasteiger partial charge in [0.25, 0.3) is 5.91 Å². The molecular formula is C24H28N4O3S. The number of nitrogens with zero attached hydrogens (tertiary/aromatic N) is 4. The number of ether oxygens (including phenoxy) is 2. The van der Waals surface area contributed by atoms with E-state index < -0.39 is 0 Å². The molecule has 2 aliphatic rings. The van der Waals surface area contributed by atoms with Gasteiger partial charge in [-0.15, -0.1) is 11.3 Å². The molecule has 0 radical (unpaired) electrons. The summed E-state index contributed by atoms with van der Waals surface area (Å²) in [4.78, 5) is 29.1. The molecule has 0 spiro atoms. The highest BCUT2D eigenvalue weighted by Crippen LogP contribution is 2.40. The third-order valence-corrected chi connectivity index (χ3v) is 7.34. The number of aromatic nitrogens is 2. The third-order valence-electron chi connectivity index (χ3n) is 6.15. The van der Waals surface area contributed by atoms with Gasteiger partial charge >= 0.3 is 0 Å². The molecule has 168 valence electrons. The molecule has 1 aromatic carbocycles. The van der Waals surface area contributed by atoms with Crippen LogP contribution in [0.1, 0.15) is 29.1 Å². The van der Waals surface area contributed by atoms with Crippen LogP contribution in [0.4, 0.5) is 5.82 Å². The van der Waals surface area contributed by atoms with Crippen molar-refractivity contribution in [1.82, 2.24) is 14.9 Å². The van der Waals surface area contributed by atoms with Gasteiger partial charge in [-0.1, -0.05) is 18.2 Å². The quantitative estimate of drug-likeness (QED) is 0.571. The summed E-state index contributed by atoms with van der Waals surface area (Å²) in [6.07, 6.45) is 4.71. The topological polar surface area (TPSA) is 67.8 Å². The van der Waals surface area contributed by atoms with E-state index >= 15 is 0 Å². The summed E-state index contributed by atoms with van der Waals surface area (Å²) in [6.45, 7) is 3.29. The maximum Gasteiger partial charge on any atom is 0.260 e. The minimum Gasteiger partial charge on any atom is -0.484 e. The zero-order valence-corrected chi connectivity index (χ0v) is 19.2. The van der Waals surface area contributed by atoms with E-state index in [4.69, 9.17) is 19.4 Å². The average molecular weight is 453 g/mol. The van der Waals surface area contributed by atoms with Gasteiger partial charge in [-0.2, -0.15) is 0 Å². The number of para-hydroxylation sites is 1. The second-order valence-corrected chi connectivity index (χ2v) is 9.34. The van der Waals surface area contributed by atoms with Crippen LogP contribution in [0.5, 0.6) is 5.75 Å². The van der Waals surface area contributed by atoms with E-state index in [0.29, 0.717) is 19.7 Å². The Morgan fingerprint density at radius 3 is 2.62 bits per heavy atom. The monoisotopic (exact) mass is 452 g/mol. The van der Waals surface area contributed by atoms with Crippen molar-refractivity contribution in [3.63, 3.8) is 0 Å². The molecule has 1 amide bonds. The fraction of sp³-hybridized carbons (Fsp3) is 0.458. The molecule has 3 heterocycles. The lowest BCUT2D eigenvalue weighted by molar-refractivity contribution is -0.133. The summed E-state index contributed by atoms with van der Waals surface area (Å²) in [6, 6.07) is 9.47. The molecule has 1 aliphatic heterocycles. The molecule has 0 saturated carbocycles. The van der Waals surface area contributed by atoms with Crippen LogP contribution in [0.2, 0.25) is 0 Å². The molecule has 0 atom stereocenters. The fourth-order valence-electron chi connectivity index (χ4n) is 4.52. The molecule has 2 aromatic heterocycles. The molecule has 3 aromatic rings. The van der Waals surface area contributed by atoms with Gasteiger partial charge in [-0.3, -0.25) is 4.79 Å². The molecule has 0 bridgehead atoms. The van der Waals surface area contributed by atoms with E-state index in [2.05, 4.69) is 4.90 Å². The Morgan fingerprint density at radius 1 is 1.06 bits per heavy atom. The fourth-order valence-corrected chi connectivity index (χ4v) is 5.80. The van der Waals surface area contributed by atoms with Crippen molar-refractivity contribution in [3.05, 3.63) is 46.6 Å². The SMILES string of the molecule is COCc1nc(N2CCN(C(=O)COc3ccccc3)CC2)c2c3c(sc2n1)CCCC3. The Hall–Kier alpha value is -2.71. The Labute approximate surface area is 192 Å². The van der Waals surface area contributed by atoms with Gasteiger partial charge in [0, 0.05) is 38.2 Å². The normalized spacial score (nSPS) is 16.3. The number of hydrogen-bond donors (Lipinski definition) is 0. The van der Waals surface area contributed by atoms with Crippen LogP contribution in [0.3, 0.4) is 0 Å². The van der Waals surface area contributed by atoms with Crippen LogP contribution in [-0.2, 0) is 29.0 Å². The van der Waals surface area contributed by atoms with Crippen LogP contribution >= 0.6 is 11.3 Å². The number of benzene rings is 1. The van der Waals surface area contributed by atoms with E-state index in [-0.39, 0.29) is 12.5 Å². The number of hydrogen-bond acceptors (Lipinski definition) is 7. The lowest BCUT2D eigenvalue weighted by atomic mass is 9.97.